The minimum Gasteiger partial charge on any atom is -0.486 e. The van der Waals surface area contributed by atoms with Gasteiger partial charge in [-0.05, 0) is 43.5 Å². The van der Waals surface area contributed by atoms with Crippen molar-refractivity contribution in [2.24, 2.45) is 0 Å². The zero-order chi connectivity index (χ0) is 19.6. The first kappa shape index (κ1) is 23.4. The van der Waals surface area contributed by atoms with Crippen LogP contribution in [0.4, 0.5) is 0 Å². The lowest BCUT2D eigenvalue weighted by atomic mass is 10.1. The highest BCUT2D eigenvalue weighted by Crippen LogP contribution is 2.22. The van der Waals surface area contributed by atoms with E-state index in [1.165, 1.54) is 12.8 Å². The smallest absolute Gasteiger partial charge is 0.242 e. The summed E-state index contributed by atoms with van der Waals surface area (Å²) in [4.78, 5) is 19.9. The van der Waals surface area contributed by atoms with Gasteiger partial charge in [-0.3, -0.25) is 4.79 Å². The first-order valence-electron chi connectivity index (χ1n) is 10.4. The van der Waals surface area contributed by atoms with Gasteiger partial charge in [0.1, 0.15) is 24.7 Å². The van der Waals surface area contributed by atoms with Crippen molar-refractivity contribution < 1.29 is 9.53 Å². The number of rotatable bonds is 5. The Labute approximate surface area is 194 Å². The molecule has 6 nitrogen and oxygen atoms in total. The largest absolute Gasteiger partial charge is 0.486 e. The molecule has 3 heterocycles. The number of hydrogen-bond acceptors (Lipinski definition) is 4. The molecule has 2 fully saturated rings. The maximum absolute atomic E-state index is 13.2. The Morgan fingerprint density at radius 2 is 1.74 bits per heavy atom. The van der Waals surface area contributed by atoms with Crippen molar-refractivity contribution in [2.45, 2.75) is 44.5 Å². The molecule has 2 saturated heterocycles. The normalized spacial score (nSPS) is 19.9. The Bertz CT molecular complexity index is 1010. The average Bonchev–Trinajstić information content (AvgIpc) is 3.26. The second kappa shape index (κ2) is 10.4. The topological polar surface area (TPSA) is 59.4 Å². The summed E-state index contributed by atoms with van der Waals surface area (Å²) < 4.78 is 7.94. The number of likely N-dealkylation sites (tertiary alicyclic amines) is 1. The minimum atomic E-state index is 0. The molecule has 166 valence electrons. The number of fused-ring (bicyclic) bond motifs is 3. The van der Waals surface area contributed by atoms with Gasteiger partial charge >= 0.3 is 0 Å². The number of carbonyl (C=O) groups is 1. The first-order valence-corrected chi connectivity index (χ1v) is 10.4. The summed E-state index contributed by atoms with van der Waals surface area (Å²) in [6.07, 6.45) is 3.44. The quantitative estimate of drug-likeness (QED) is 0.625. The fraction of sp³-hybridized carbons (Fsp3) is 0.391. The van der Waals surface area contributed by atoms with Crippen molar-refractivity contribution in [3.8, 4) is 5.75 Å². The maximum atomic E-state index is 13.2. The molecule has 0 spiro atoms. The maximum Gasteiger partial charge on any atom is 0.242 e. The predicted molar refractivity (Wildman–Crippen MR) is 126 cm³/mol. The molecule has 0 aliphatic carbocycles. The van der Waals surface area contributed by atoms with E-state index in [0.717, 1.165) is 42.1 Å². The van der Waals surface area contributed by atoms with E-state index in [9.17, 15) is 4.79 Å². The summed E-state index contributed by atoms with van der Waals surface area (Å²) in [6.45, 7) is 2.26. The number of aromatic nitrogens is 2. The van der Waals surface area contributed by atoms with Crippen LogP contribution in [0, 0.1) is 0 Å². The minimum absolute atomic E-state index is 0. The summed E-state index contributed by atoms with van der Waals surface area (Å²) in [7, 11) is 0. The van der Waals surface area contributed by atoms with E-state index in [0.29, 0.717) is 25.2 Å². The van der Waals surface area contributed by atoms with Crippen molar-refractivity contribution >= 4 is 41.8 Å². The van der Waals surface area contributed by atoms with Gasteiger partial charge in [0.05, 0.1) is 11.0 Å². The van der Waals surface area contributed by atoms with Crippen molar-refractivity contribution in [3.63, 3.8) is 0 Å². The molecule has 2 unspecified atom stereocenters. The van der Waals surface area contributed by atoms with Gasteiger partial charge in [0.2, 0.25) is 5.91 Å². The summed E-state index contributed by atoms with van der Waals surface area (Å²) in [5, 5.41) is 3.64. The molecule has 2 aliphatic rings. The lowest BCUT2D eigenvalue weighted by molar-refractivity contribution is -0.132. The van der Waals surface area contributed by atoms with Crippen LogP contribution in [0.25, 0.3) is 11.0 Å². The van der Waals surface area contributed by atoms with Gasteiger partial charge in [-0.1, -0.05) is 30.3 Å². The number of nitrogens with one attached hydrogen (secondary N) is 1. The summed E-state index contributed by atoms with van der Waals surface area (Å²) in [5.74, 6) is 1.73. The Morgan fingerprint density at radius 1 is 1.00 bits per heavy atom. The van der Waals surface area contributed by atoms with E-state index in [4.69, 9.17) is 9.72 Å². The van der Waals surface area contributed by atoms with E-state index in [-0.39, 0.29) is 30.7 Å². The average molecular weight is 463 g/mol. The van der Waals surface area contributed by atoms with E-state index in [2.05, 4.69) is 5.32 Å². The van der Waals surface area contributed by atoms with Crippen molar-refractivity contribution in [2.75, 3.05) is 13.1 Å². The van der Waals surface area contributed by atoms with E-state index >= 15 is 0 Å². The fourth-order valence-corrected chi connectivity index (χ4v) is 4.48. The van der Waals surface area contributed by atoms with Crippen LogP contribution in [-0.2, 0) is 17.9 Å². The molecule has 8 heteroatoms. The summed E-state index contributed by atoms with van der Waals surface area (Å²) in [6, 6.07) is 18.7. The van der Waals surface area contributed by atoms with Gasteiger partial charge in [-0.15, -0.1) is 24.8 Å². The van der Waals surface area contributed by atoms with Crippen molar-refractivity contribution in [3.05, 3.63) is 60.4 Å². The van der Waals surface area contributed by atoms with Crippen molar-refractivity contribution in [1.29, 1.82) is 0 Å². The molecule has 1 N–H and O–H groups in total. The van der Waals surface area contributed by atoms with Gasteiger partial charge in [-0.25, -0.2) is 4.98 Å². The third kappa shape index (κ3) is 5.14. The zero-order valence-corrected chi connectivity index (χ0v) is 18.9. The van der Waals surface area contributed by atoms with Crippen LogP contribution in [0.1, 0.15) is 25.1 Å². The van der Waals surface area contributed by atoms with Gasteiger partial charge in [0, 0.05) is 25.2 Å². The van der Waals surface area contributed by atoms with E-state index in [1.807, 2.05) is 64.1 Å². The molecular formula is C23H28Cl2N4O2. The molecule has 3 aromatic rings. The molecule has 5 rings (SSSR count). The lowest BCUT2D eigenvalue weighted by Crippen LogP contribution is -2.40. The highest BCUT2D eigenvalue weighted by molar-refractivity contribution is 5.85. The molecule has 1 amide bonds. The standard InChI is InChI=1S/C23H26N4O2.2ClH/c28-23(26-13-12-17-10-11-18(14-26)24-17)15-27-21-9-5-4-8-20(21)25-22(27)16-29-19-6-2-1-3-7-19;;/h1-9,17-18,24H,10-16H2;2*1H. The third-order valence-electron chi connectivity index (χ3n) is 6.01. The predicted octanol–water partition coefficient (Wildman–Crippen LogP) is 3.81. The fourth-order valence-electron chi connectivity index (χ4n) is 4.48. The number of benzene rings is 2. The van der Waals surface area contributed by atoms with E-state index in [1.54, 1.807) is 0 Å². The Kier molecular flexibility index (Phi) is 7.81. The van der Waals surface area contributed by atoms with Gasteiger partial charge in [0.15, 0.2) is 0 Å². The van der Waals surface area contributed by atoms with E-state index < -0.39 is 0 Å². The number of para-hydroxylation sites is 3. The number of ether oxygens (including phenoxy) is 1. The number of hydrogen-bond donors (Lipinski definition) is 1. The van der Waals surface area contributed by atoms with Crippen LogP contribution < -0.4 is 10.1 Å². The van der Waals surface area contributed by atoms with Crippen molar-refractivity contribution in [1.82, 2.24) is 19.8 Å². The Hall–Kier alpha value is -2.28. The van der Waals surface area contributed by atoms with Gasteiger partial charge in [0.25, 0.3) is 0 Å². The number of halogens is 2. The molecule has 2 aromatic carbocycles. The summed E-state index contributed by atoms with van der Waals surface area (Å²) in [5.41, 5.74) is 1.87. The van der Waals surface area contributed by atoms with Crippen LogP contribution in [0.15, 0.2) is 54.6 Å². The summed E-state index contributed by atoms with van der Waals surface area (Å²) >= 11 is 0. The molecule has 0 saturated carbocycles. The monoisotopic (exact) mass is 462 g/mol. The highest BCUT2D eigenvalue weighted by Gasteiger charge is 2.31. The first-order chi connectivity index (χ1) is 14.3. The van der Waals surface area contributed by atoms with Gasteiger partial charge < -0.3 is 19.5 Å². The van der Waals surface area contributed by atoms with Crippen LogP contribution in [-0.4, -0.2) is 45.5 Å². The van der Waals surface area contributed by atoms with Crippen LogP contribution in [0.5, 0.6) is 5.75 Å². The Balaban J connectivity index is 0.00000136. The molecule has 0 radical (unpaired) electrons. The zero-order valence-electron chi connectivity index (χ0n) is 17.3. The number of carbonyl (C=O) groups excluding carboxylic acids is 1. The molecular weight excluding hydrogens is 435 g/mol. The molecule has 2 atom stereocenters. The van der Waals surface area contributed by atoms with Crippen LogP contribution in [0.2, 0.25) is 0 Å². The Morgan fingerprint density at radius 3 is 2.58 bits per heavy atom. The number of nitrogens with zero attached hydrogens (tertiary/aromatic N) is 3. The second-order valence-electron chi connectivity index (χ2n) is 7.97. The SMILES string of the molecule is Cl.Cl.O=C(Cn1c(COc2ccccc2)nc2ccccc21)N1CCC2CCC(C1)N2. The molecule has 1 aromatic heterocycles. The number of amides is 1. The van der Waals surface area contributed by atoms with Crippen LogP contribution >= 0.6 is 24.8 Å². The lowest BCUT2D eigenvalue weighted by Gasteiger charge is -2.25. The molecule has 2 bridgehead atoms. The van der Waals surface area contributed by atoms with Crippen LogP contribution in [0.3, 0.4) is 0 Å². The van der Waals surface area contributed by atoms with Gasteiger partial charge in [-0.2, -0.15) is 0 Å². The molecule has 2 aliphatic heterocycles. The second-order valence-corrected chi connectivity index (χ2v) is 7.97. The third-order valence-corrected chi connectivity index (χ3v) is 6.01. The molecule has 31 heavy (non-hydrogen) atoms. The highest BCUT2D eigenvalue weighted by atomic mass is 35.5. The number of imidazole rings is 1.